The van der Waals surface area contributed by atoms with Gasteiger partial charge in [-0.2, -0.15) is 0 Å². The Balaban J connectivity index is -0.000000134. The largest absolute Gasteiger partial charge is 0.503 e. The first-order valence-electron chi connectivity index (χ1n) is 6.03. The van der Waals surface area contributed by atoms with E-state index in [-0.39, 0.29) is 26.4 Å². The van der Waals surface area contributed by atoms with E-state index in [4.69, 9.17) is 40.5 Å². The lowest BCUT2D eigenvalue weighted by Gasteiger charge is -1.96. The summed E-state index contributed by atoms with van der Waals surface area (Å²) in [7, 11) is 0. The molecule has 14 nitrogen and oxygen atoms in total. The Hall–Kier alpha value is -3.20. The number of ether oxygens (including phenoxy) is 2. The van der Waals surface area contributed by atoms with Crippen molar-refractivity contribution in [1.29, 1.82) is 0 Å². The van der Waals surface area contributed by atoms with Crippen LogP contribution in [0, 0.1) is 0 Å². The zero-order valence-corrected chi connectivity index (χ0v) is 13.3. The van der Waals surface area contributed by atoms with Crippen LogP contribution in [0.4, 0.5) is 9.59 Å². The van der Waals surface area contributed by atoms with Crippen molar-refractivity contribution >= 4 is 24.2 Å². The monoisotopic (exact) mass is 388 g/mol. The van der Waals surface area contributed by atoms with Crippen molar-refractivity contribution in [2.24, 2.45) is 0 Å². The normalized spacial score (nSPS) is 7.77. The van der Waals surface area contributed by atoms with Crippen LogP contribution in [0.15, 0.2) is 25.3 Å². The van der Waals surface area contributed by atoms with E-state index in [1.165, 1.54) is 0 Å². The molecule has 0 aromatic carbocycles. The number of carboxylic acid groups (broad SMARTS) is 4. The number of carbonyl (C=O) groups excluding carboxylic acids is 2. The van der Waals surface area contributed by atoms with Crippen molar-refractivity contribution in [1.82, 2.24) is 0 Å². The highest BCUT2D eigenvalue weighted by Crippen LogP contribution is 1.78. The fraction of sp³-hybridized carbons (Fsp3) is 0.333. The molecule has 0 aromatic heterocycles. The van der Waals surface area contributed by atoms with Crippen molar-refractivity contribution in [3.05, 3.63) is 25.3 Å². The predicted octanol–water partition coefficient (Wildman–Crippen LogP) is 0.855. The molecule has 0 bridgehead atoms. The quantitative estimate of drug-likeness (QED) is 0.111. The van der Waals surface area contributed by atoms with Gasteiger partial charge in [0.1, 0.15) is 26.4 Å². The van der Waals surface area contributed by atoms with Crippen molar-refractivity contribution in [3.63, 3.8) is 0 Å². The summed E-state index contributed by atoms with van der Waals surface area (Å²) >= 11 is 0. The molecule has 0 saturated carbocycles. The van der Waals surface area contributed by atoms with E-state index in [0.717, 1.165) is 12.2 Å². The SMILES string of the molecule is C=CC(=O)OCCOO.C=CC(=O)OCCOO.O=C(O)O.O=C(O)O. The van der Waals surface area contributed by atoms with Crippen molar-refractivity contribution in [2.45, 2.75) is 0 Å². The zero-order chi connectivity index (χ0) is 21.4. The molecule has 0 aromatic rings. The highest BCUT2D eigenvalue weighted by atomic mass is 17.1. The minimum absolute atomic E-state index is 0.0143. The second-order valence-electron chi connectivity index (χ2n) is 2.97. The van der Waals surface area contributed by atoms with Crippen molar-refractivity contribution in [3.8, 4) is 0 Å². The van der Waals surface area contributed by atoms with Gasteiger partial charge in [0.15, 0.2) is 0 Å². The molecule has 14 heteroatoms. The molecule has 0 heterocycles. The van der Waals surface area contributed by atoms with Crippen LogP contribution in [0.2, 0.25) is 0 Å². The molecule has 0 aliphatic carbocycles. The van der Waals surface area contributed by atoms with Gasteiger partial charge in [-0.3, -0.25) is 10.5 Å². The first-order valence-corrected chi connectivity index (χ1v) is 6.03. The molecule has 0 fully saturated rings. The van der Waals surface area contributed by atoms with Crippen molar-refractivity contribution < 1.29 is 69.4 Å². The Morgan fingerprint density at radius 3 is 1.04 bits per heavy atom. The molecule has 0 amide bonds. The van der Waals surface area contributed by atoms with Gasteiger partial charge in [0.05, 0.1) is 0 Å². The minimum Gasteiger partial charge on any atom is -0.460 e. The van der Waals surface area contributed by atoms with Gasteiger partial charge in [0.25, 0.3) is 0 Å². The molecule has 0 rings (SSSR count). The highest BCUT2D eigenvalue weighted by molar-refractivity contribution is 5.81. The van der Waals surface area contributed by atoms with Crippen LogP contribution < -0.4 is 0 Å². The molecule has 0 saturated heterocycles. The van der Waals surface area contributed by atoms with E-state index in [2.05, 4.69) is 32.4 Å². The van der Waals surface area contributed by atoms with Gasteiger partial charge < -0.3 is 29.9 Å². The molecule has 0 radical (unpaired) electrons. The smallest absolute Gasteiger partial charge is 0.460 e. The summed E-state index contributed by atoms with van der Waals surface area (Å²) in [5, 5.41) is 43.4. The Labute approximate surface area is 146 Å². The lowest BCUT2D eigenvalue weighted by molar-refractivity contribution is -0.248. The average molecular weight is 388 g/mol. The number of rotatable bonds is 8. The van der Waals surface area contributed by atoms with Gasteiger partial charge in [0.2, 0.25) is 0 Å². The maximum absolute atomic E-state index is 10.2. The third kappa shape index (κ3) is 69.9. The Kier molecular flexibility index (Phi) is 31.5. The second-order valence-corrected chi connectivity index (χ2v) is 2.97. The zero-order valence-electron chi connectivity index (χ0n) is 13.3. The predicted molar refractivity (Wildman–Crippen MR) is 80.8 cm³/mol. The summed E-state index contributed by atoms with van der Waals surface area (Å²) in [6, 6.07) is 0. The maximum atomic E-state index is 10.2. The number of esters is 2. The van der Waals surface area contributed by atoms with E-state index in [0.29, 0.717) is 0 Å². The van der Waals surface area contributed by atoms with Gasteiger partial charge in [-0.25, -0.2) is 29.0 Å². The van der Waals surface area contributed by atoms with Crippen LogP contribution in [0.3, 0.4) is 0 Å². The lowest BCUT2D eigenvalue weighted by atomic mass is 10.6. The van der Waals surface area contributed by atoms with E-state index in [1.807, 2.05) is 0 Å². The van der Waals surface area contributed by atoms with Crippen LogP contribution in [0.5, 0.6) is 0 Å². The fourth-order valence-electron chi connectivity index (χ4n) is 0.477. The number of hydrogen-bond donors (Lipinski definition) is 6. The first-order chi connectivity index (χ1) is 12.1. The lowest BCUT2D eigenvalue weighted by Crippen LogP contribution is -2.06. The van der Waals surface area contributed by atoms with Gasteiger partial charge in [-0.05, 0) is 0 Å². The second kappa shape index (κ2) is 26.7. The van der Waals surface area contributed by atoms with Crippen molar-refractivity contribution in [2.75, 3.05) is 26.4 Å². The summed E-state index contributed by atoms with van der Waals surface area (Å²) in [4.78, 5) is 44.8. The summed E-state index contributed by atoms with van der Waals surface area (Å²) < 4.78 is 8.78. The van der Waals surface area contributed by atoms with Gasteiger partial charge in [-0.15, -0.1) is 0 Å². The molecule has 0 unspecified atom stereocenters. The van der Waals surface area contributed by atoms with Gasteiger partial charge in [-0.1, -0.05) is 13.2 Å². The van der Waals surface area contributed by atoms with Gasteiger partial charge in [0, 0.05) is 12.2 Å². The first kappa shape index (κ1) is 30.7. The fourth-order valence-corrected chi connectivity index (χ4v) is 0.477. The highest BCUT2D eigenvalue weighted by Gasteiger charge is 1.93. The van der Waals surface area contributed by atoms with E-state index < -0.39 is 24.2 Å². The molecule has 0 aliphatic rings. The topological polar surface area (TPSA) is 227 Å². The molecule has 0 spiro atoms. The van der Waals surface area contributed by atoms with E-state index in [1.54, 1.807) is 0 Å². The van der Waals surface area contributed by atoms with Crippen LogP contribution in [0.1, 0.15) is 0 Å². The third-order valence-electron chi connectivity index (χ3n) is 1.17. The number of carbonyl (C=O) groups is 4. The molecule has 152 valence electrons. The maximum Gasteiger partial charge on any atom is 0.503 e. The minimum atomic E-state index is -1.83. The summed E-state index contributed by atoms with van der Waals surface area (Å²) in [5.74, 6) is -1.04. The molecular formula is C12H20O14. The summed E-state index contributed by atoms with van der Waals surface area (Å²) in [6.45, 7) is 6.38. The molecule has 0 aliphatic heterocycles. The Bertz CT molecular complexity index is 359. The van der Waals surface area contributed by atoms with Crippen LogP contribution in [-0.2, 0) is 28.8 Å². The number of hydrogen-bond acceptors (Lipinski definition) is 10. The molecule has 26 heavy (non-hydrogen) atoms. The molecular weight excluding hydrogens is 368 g/mol. The Morgan fingerprint density at radius 2 is 0.885 bits per heavy atom. The van der Waals surface area contributed by atoms with E-state index in [9.17, 15) is 9.59 Å². The van der Waals surface area contributed by atoms with Gasteiger partial charge >= 0.3 is 24.2 Å². The molecule has 6 N–H and O–H groups in total. The van der Waals surface area contributed by atoms with Crippen LogP contribution in [-0.4, -0.2) is 81.6 Å². The average Bonchev–Trinajstić information content (AvgIpc) is 2.54. The van der Waals surface area contributed by atoms with Crippen LogP contribution in [0.25, 0.3) is 0 Å². The Morgan fingerprint density at radius 1 is 0.654 bits per heavy atom. The third-order valence-corrected chi connectivity index (χ3v) is 1.17. The summed E-state index contributed by atoms with van der Waals surface area (Å²) in [6.07, 6.45) is -1.59. The van der Waals surface area contributed by atoms with Crippen LogP contribution >= 0.6 is 0 Å². The molecule has 0 atom stereocenters. The standard InChI is InChI=1S/2C5H8O4.2CH2O3/c2*1-2-5(6)8-3-4-9-7;2*2-1(3)4/h2*2,7H,1,3-4H2;2*(H2,2,3,4). The summed E-state index contributed by atoms with van der Waals surface area (Å²) in [5.41, 5.74) is 0. The van der Waals surface area contributed by atoms with E-state index >= 15 is 0 Å².